The lowest BCUT2D eigenvalue weighted by molar-refractivity contribution is 1.28. The van der Waals surface area contributed by atoms with Gasteiger partial charge in [0, 0.05) is 51.2 Å². The molecule has 0 fully saturated rings. The van der Waals surface area contributed by atoms with Crippen LogP contribution >= 0.6 is 0 Å². The first-order valence-electron chi connectivity index (χ1n) is 23.5. The molecule has 0 radical (unpaired) electrons. The van der Waals surface area contributed by atoms with Crippen molar-refractivity contribution < 1.29 is 0 Å². The van der Waals surface area contributed by atoms with Crippen molar-refractivity contribution in [2.24, 2.45) is 0 Å². The number of anilines is 9. The fourth-order valence-corrected chi connectivity index (χ4v) is 9.15. The highest BCUT2D eigenvalue weighted by molar-refractivity contribution is 5.83. The number of benzene rings is 11. The first-order chi connectivity index (χ1) is 34.2. The Balaban J connectivity index is 0.789. The maximum Gasteiger partial charge on any atom is 0.0462 e. The summed E-state index contributed by atoms with van der Waals surface area (Å²) in [6.07, 6.45) is 0. The lowest BCUT2D eigenvalue weighted by Crippen LogP contribution is -2.09. The Morgan fingerprint density at radius 1 is 0.116 bits per heavy atom. The van der Waals surface area contributed by atoms with E-state index in [0.29, 0.717) is 0 Å². The molecule has 11 aromatic rings. The minimum atomic E-state index is 1.10. The van der Waals surface area contributed by atoms with Crippen LogP contribution in [0.25, 0.3) is 44.5 Å². The summed E-state index contributed by atoms with van der Waals surface area (Å²) in [6.45, 7) is 0. The topological polar surface area (TPSA) is 9.72 Å². The van der Waals surface area contributed by atoms with E-state index >= 15 is 0 Å². The van der Waals surface area contributed by atoms with Crippen LogP contribution in [0.4, 0.5) is 51.2 Å². The Bertz CT molecular complexity index is 3050. The number of para-hydroxylation sites is 5. The summed E-state index contributed by atoms with van der Waals surface area (Å²) < 4.78 is 0. The summed E-state index contributed by atoms with van der Waals surface area (Å²) in [5, 5.41) is 0. The zero-order chi connectivity index (χ0) is 46.2. The predicted octanol–water partition coefficient (Wildman–Crippen LogP) is 18.8. The molecule has 0 heterocycles. The zero-order valence-electron chi connectivity index (χ0n) is 38.1. The molecule has 0 aliphatic heterocycles. The minimum absolute atomic E-state index is 1.10. The van der Waals surface area contributed by atoms with Crippen LogP contribution in [0.5, 0.6) is 0 Å². The number of hydrogen-bond acceptors (Lipinski definition) is 3. The smallest absolute Gasteiger partial charge is 0.0462 e. The second kappa shape index (κ2) is 19.7. The first kappa shape index (κ1) is 42.5. The van der Waals surface area contributed by atoms with Gasteiger partial charge in [0.2, 0.25) is 0 Å². The van der Waals surface area contributed by atoms with Gasteiger partial charge in [-0.2, -0.15) is 0 Å². The lowest BCUT2D eigenvalue weighted by atomic mass is 9.99. The van der Waals surface area contributed by atoms with Crippen LogP contribution in [0, 0.1) is 0 Å². The normalized spacial score (nSPS) is 10.9. The van der Waals surface area contributed by atoms with Gasteiger partial charge in [-0.25, -0.2) is 0 Å². The number of hydrogen-bond donors (Lipinski definition) is 0. The first-order valence-corrected chi connectivity index (χ1v) is 23.5. The summed E-state index contributed by atoms with van der Waals surface area (Å²) >= 11 is 0. The molecule has 0 saturated heterocycles. The van der Waals surface area contributed by atoms with Gasteiger partial charge >= 0.3 is 0 Å². The Labute approximate surface area is 405 Å². The molecule has 11 aromatic carbocycles. The molecule has 69 heavy (non-hydrogen) atoms. The largest absolute Gasteiger partial charge is 0.311 e. The zero-order valence-corrected chi connectivity index (χ0v) is 38.1. The van der Waals surface area contributed by atoms with Gasteiger partial charge in [0.15, 0.2) is 0 Å². The van der Waals surface area contributed by atoms with Crippen LogP contribution in [0.2, 0.25) is 0 Å². The van der Waals surface area contributed by atoms with E-state index in [2.05, 4.69) is 312 Å². The molecule has 0 atom stereocenters. The molecule has 0 aliphatic rings. The maximum atomic E-state index is 2.32. The van der Waals surface area contributed by atoms with Crippen molar-refractivity contribution in [1.29, 1.82) is 0 Å². The van der Waals surface area contributed by atoms with Gasteiger partial charge in [-0.1, -0.05) is 188 Å². The van der Waals surface area contributed by atoms with Gasteiger partial charge in [0.05, 0.1) is 0 Å². The second-order valence-corrected chi connectivity index (χ2v) is 17.0. The lowest BCUT2D eigenvalue weighted by Gasteiger charge is -2.26. The van der Waals surface area contributed by atoms with Crippen LogP contribution < -0.4 is 14.7 Å². The molecule has 11 rings (SSSR count). The summed E-state index contributed by atoms with van der Waals surface area (Å²) in [6, 6.07) is 106. The molecule has 328 valence electrons. The van der Waals surface area contributed by atoms with Crippen molar-refractivity contribution in [2.45, 2.75) is 0 Å². The van der Waals surface area contributed by atoms with E-state index in [-0.39, 0.29) is 0 Å². The Hall–Kier alpha value is -9.18. The quantitative estimate of drug-likeness (QED) is 0.114. The second-order valence-electron chi connectivity index (χ2n) is 17.0. The maximum absolute atomic E-state index is 2.32. The van der Waals surface area contributed by atoms with Crippen LogP contribution in [-0.4, -0.2) is 0 Å². The van der Waals surface area contributed by atoms with Gasteiger partial charge in [-0.05, 0) is 154 Å². The molecule has 3 heteroatoms. The molecule has 0 aliphatic carbocycles. The third-order valence-electron chi connectivity index (χ3n) is 12.7. The van der Waals surface area contributed by atoms with Crippen molar-refractivity contribution in [3.05, 3.63) is 297 Å². The summed E-state index contributed by atoms with van der Waals surface area (Å²) in [5.41, 5.74) is 19.5. The van der Waals surface area contributed by atoms with E-state index in [1.165, 1.54) is 44.5 Å². The third-order valence-corrected chi connectivity index (χ3v) is 12.7. The molecule has 0 saturated carbocycles. The highest BCUT2D eigenvalue weighted by Crippen LogP contribution is 2.40. The van der Waals surface area contributed by atoms with E-state index in [4.69, 9.17) is 0 Å². The highest BCUT2D eigenvalue weighted by Gasteiger charge is 2.16. The number of nitrogens with zero attached hydrogens (tertiary/aromatic N) is 3. The van der Waals surface area contributed by atoms with E-state index in [1.807, 2.05) is 0 Å². The Morgan fingerprint density at radius 2 is 0.232 bits per heavy atom. The Kier molecular flexibility index (Phi) is 12.1. The molecule has 0 unspecified atom stereocenters. The fourth-order valence-electron chi connectivity index (χ4n) is 9.15. The molecule has 0 N–H and O–H groups in total. The van der Waals surface area contributed by atoms with Crippen molar-refractivity contribution in [2.75, 3.05) is 14.7 Å². The van der Waals surface area contributed by atoms with Crippen molar-refractivity contribution in [1.82, 2.24) is 0 Å². The van der Waals surface area contributed by atoms with Gasteiger partial charge in [0.1, 0.15) is 0 Å². The fraction of sp³-hybridized carbons (Fsp3) is 0. The summed E-state index contributed by atoms with van der Waals surface area (Å²) in [7, 11) is 0. The van der Waals surface area contributed by atoms with E-state index in [9.17, 15) is 0 Å². The third kappa shape index (κ3) is 9.31. The predicted molar refractivity (Wildman–Crippen MR) is 292 cm³/mol. The van der Waals surface area contributed by atoms with Crippen LogP contribution in [-0.2, 0) is 0 Å². The van der Waals surface area contributed by atoms with Crippen molar-refractivity contribution in [3.63, 3.8) is 0 Å². The molecule has 3 nitrogen and oxygen atoms in total. The van der Waals surface area contributed by atoms with E-state index < -0.39 is 0 Å². The van der Waals surface area contributed by atoms with Gasteiger partial charge in [0.25, 0.3) is 0 Å². The molecule has 0 spiro atoms. The van der Waals surface area contributed by atoms with E-state index in [0.717, 1.165) is 51.2 Å². The minimum Gasteiger partial charge on any atom is -0.311 e. The van der Waals surface area contributed by atoms with Crippen LogP contribution in [0.1, 0.15) is 0 Å². The average Bonchev–Trinajstić information content (AvgIpc) is 3.44. The van der Waals surface area contributed by atoms with Crippen molar-refractivity contribution in [3.8, 4) is 44.5 Å². The van der Waals surface area contributed by atoms with Gasteiger partial charge in [-0.15, -0.1) is 0 Å². The van der Waals surface area contributed by atoms with Gasteiger partial charge in [-0.3, -0.25) is 0 Å². The average molecular weight is 884 g/mol. The standard InChI is InChI=1S/C66H49N3/c1-6-16-58(17-7-1)67(59-18-8-2-9-19-59)63-42-34-54(35-43-63)50-26-30-52(31-27-50)56-38-46-65(47-39-56)69(62-24-14-5-15-25-62)66-48-40-57(41-49-66)53-32-28-51(29-33-53)55-36-44-64(45-37-55)68(60-20-10-3-11-21-60)61-22-12-4-13-23-61/h1-49H. The van der Waals surface area contributed by atoms with E-state index in [1.54, 1.807) is 0 Å². The van der Waals surface area contributed by atoms with Crippen LogP contribution in [0.15, 0.2) is 297 Å². The monoisotopic (exact) mass is 883 g/mol. The SMILES string of the molecule is c1ccc(N(c2ccccc2)c2ccc(-c3ccc(-c4ccc(N(c5ccccc5)c5ccc(-c6ccc(-c7ccc(N(c8ccccc8)c8ccccc8)cc7)cc6)cc5)cc4)cc3)cc2)cc1. The molecule has 0 bridgehead atoms. The van der Waals surface area contributed by atoms with Gasteiger partial charge < -0.3 is 14.7 Å². The molecular weight excluding hydrogens is 835 g/mol. The highest BCUT2D eigenvalue weighted by atomic mass is 15.2. The van der Waals surface area contributed by atoms with Crippen molar-refractivity contribution >= 4 is 51.2 Å². The summed E-state index contributed by atoms with van der Waals surface area (Å²) in [5.74, 6) is 0. The number of rotatable bonds is 13. The molecule has 0 aromatic heterocycles. The summed E-state index contributed by atoms with van der Waals surface area (Å²) in [4.78, 5) is 6.90. The molecule has 0 amide bonds. The Morgan fingerprint density at radius 3 is 0.377 bits per heavy atom. The molecular formula is C66H49N3. The van der Waals surface area contributed by atoms with Crippen LogP contribution in [0.3, 0.4) is 0 Å².